The highest BCUT2D eigenvalue weighted by Gasteiger charge is 2.22. The molecule has 0 aliphatic carbocycles. The third-order valence-corrected chi connectivity index (χ3v) is 7.24. The van der Waals surface area contributed by atoms with Crippen LogP contribution < -0.4 is 0 Å². The van der Waals surface area contributed by atoms with Crippen LogP contribution in [-0.4, -0.2) is 40.3 Å². The molecule has 0 atom stereocenters. The second-order valence-corrected chi connectivity index (χ2v) is 9.83. The number of nitrogens with zero attached hydrogens (tertiary/aromatic N) is 6. The fourth-order valence-corrected chi connectivity index (χ4v) is 5.23. The average Bonchev–Trinajstić information content (AvgIpc) is 3.68. The molecule has 0 bridgehead atoms. The first-order valence-electron chi connectivity index (χ1n) is 13.7. The second kappa shape index (κ2) is 11.4. The van der Waals surface area contributed by atoms with E-state index in [9.17, 15) is 0 Å². The Morgan fingerprint density at radius 1 is 0.405 bits per heavy atom. The highest BCUT2D eigenvalue weighted by molar-refractivity contribution is 5.73. The minimum atomic E-state index is 0.639. The molecule has 0 fully saturated rings. The summed E-state index contributed by atoms with van der Waals surface area (Å²) in [6.45, 7) is 0. The Hall–Kier alpha value is -5.76. The van der Waals surface area contributed by atoms with Crippen LogP contribution in [0.15, 0.2) is 122 Å². The smallest absolute Gasteiger partial charge is 0.115 e. The highest BCUT2D eigenvalue weighted by Crippen LogP contribution is 2.34. The lowest BCUT2D eigenvalue weighted by Gasteiger charge is -2.13. The van der Waals surface area contributed by atoms with Crippen molar-refractivity contribution in [2.75, 3.05) is 0 Å². The standard InChI is InChI=1S/C34H26N8/c1-2-12-24(22-26-33(29-15-5-9-19-37-29)41-42-34(26)30-16-6-10-20-38-30)23(11-1)21-25-31(27-13-3-7-17-35-27)39-40-32(25)28-14-4-8-18-36-28/h1-20H,21-22H2,(H,39,40)(H,41,42). The van der Waals surface area contributed by atoms with E-state index < -0.39 is 0 Å². The lowest BCUT2D eigenvalue weighted by atomic mass is 9.91. The molecule has 0 aliphatic rings. The molecule has 0 saturated heterocycles. The SMILES string of the molecule is c1ccc(-c2n[nH]c(-c3ccccn3)c2Cc2ccccc2Cc2c(-c3ccccn3)n[nH]c2-c2ccccn2)nc1. The van der Waals surface area contributed by atoms with Gasteiger partial charge in [0.2, 0.25) is 0 Å². The van der Waals surface area contributed by atoms with E-state index in [2.05, 4.69) is 54.4 Å². The van der Waals surface area contributed by atoms with Gasteiger partial charge in [0.25, 0.3) is 0 Å². The average molecular weight is 547 g/mol. The van der Waals surface area contributed by atoms with Crippen molar-refractivity contribution >= 4 is 0 Å². The summed E-state index contributed by atoms with van der Waals surface area (Å²) in [4.78, 5) is 18.4. The summed E-state index contributed by atoms with van der Waals surface area (Å²) in [6, 6.07) is 32.0. The number of aromatic amines is 2. The zero-order valence-corrected chi connectivity index (χ0v) is 22.6. The summed E-state index contributed by atoms with van der Waals surface area (Å²) in [6.07, 6.45) is 8.45. The molecule has 8 nitrogen and oxygen atoms in total. The largest absolute Gasteiger partial charge is 0.275 e. The molecule has 8 heteroatoms. The molecule has 2 N–H and O–H groups in total. The summed E-state index contributed by atoms with van der Waals surface area (Å²) >= 11 is 0. The Morgan fingerprint density at radius 3 is 1.12 bits per heavy atom. The van der Waals surface area contributed by atoms with E-state index >= 15 is 0 Å². The molecule has 0 aliphatic heterocycles. The van der Waals surface area contributed by atoms with Gasteiger partial charge in [-0.2, -0.15) is 10.2 Å². The van der Waals surface area contributed by atoms with E-state index in [-0.39, 0.29) is 0 Å². The summed E-state index contributed by atoms with van der Waals surface area (Å²) < 4.78 is 0. The third-order valence-electron chi connectivity index (χ3n) is 7.24. The molecule has 7 aromatic rings. The molecule has 0 saturated carbocycles. The van der Waals surface area contributed by atoms with E-state index in [1.54, 1.807) is 24.8 Å². The number of H-pyrrole nitrogens is 2. The number of benzene rings is 1. The topological polar surface area (TPSA) is 109 Å². The van der Waals surface area contributed by atoms with Crippen molar-refractivity contribution in [1.82, 2.24) is 40.3 Å². The van der Waals surface area contributed by atoms with Gasteiger partial charge in [0, 0.05) is 48.8 Å². The molecule has 42 heavy (non-hydrogen) atoms. The molecule has 6 heterocycles. The van der Waals surface area contributed by atoms with E-state index in [1.807, 2.05) is 72.8 Å². The molecule has 202 valence electrons. The van der Waals surface area contributed by atoms with Crippen LogP contribution in [-0.2, 0) is 12.8 Å². The van der Waals surface area contributed by atoms with Crippen molar-refractivity contribution < 1.29 is 0 Å². The Balaban J connectivity index is 1.33. The van der Waals surface area contributed by atoms with Gasteiger partial charge in [-0.05, 0) is 59.7 Å². The summed E-state index contributed by atoms with van der Waals surface area (Å²) in [7, 11) is 0. The van der Waals surface area contributed by atoms with Gasteiger partial charge in [0.05, 0.1) is 34.2 Å². The van der Waals surface area contributed by atoms with Gasteiger partial charge in [-0.25, -0.2) is 0 Å². The number of hydrogen-bond donors (Lipinski definition) is 2. The van der Waals surface area contributed by atoms with Crippen LogP contribution in [0.1, 0.15) is 22.3 Å². The van der Waals surface area contributed by atoms with Crippen LogP contribution in [0.4, 0.5) is 0 Å². The quantitative estimate of drug-likeness (QED) is 0.223. The molecule has 0 amide bonds. The van der Waals surface area contributed by atoms with Crippen LogP contribution >= 0.6 is 0 Å². The number of rotatable bonds is 8. The highest BCUT2D eigenvalue weighted by atomic mass is 15.1. The minimum absolute atomic E-state index is 0.639. The van der Waals surface area contributed by atoms with Crippen LogP contribution in [0, 0.1) is 0 Å². The van der Waals surface area contributed by atoms with Crippen molar-refractivity contribution in [2.45, 2.75) is 12.8 Å². The van der Waals surface area contributed by atoms with E-state index in [1.165, 1.54) is 11.1 Å². The fraction of sp³-hybridized carbons (Fsp3) is 0.0588. The van der Waals surface area contributed by atoms with Gasteiger partial charge in [-0.3, -0.25) is 30.1 Å². The minimum Gasteiger partial charge on any atom is -0.275 e. The predicted octanol–water partition coefficient (Wildman–Crippen LogP) is 6.56. The molecule has 0 spiro atoms. The van der Waals surface area contributed by atoms with Crippen molar-refractivity contribution in [2.24, 2.45) is 0 Å². The maximum absolute atomic E-state index is 4.71. The van der Waals surface area contributed by atoms with Gasteiger partial charge in [0.1, 0.15) is 11.4 Å². The van der Waals surface area contributed by atoms with Crippen LogP contribution in [0.2, 0.25) is 0 Å². The van der Waals surface area contributed by atoms with Gasteiger partial charge < -0.3 is 0 Å². The molecular weight excluding hydrogens is 520 g/mol. The second-order valence-electron chi connectivity index (χ2n) is 9.83. The van der Waals surface area contributed by atoms with Crippen molar-refractivity contribution in [3.8, 4) is 45.6 Å². The van der Waals surface area contributed by atoms with E-state index in [4.69, 9.17) is 10.2 Å². The maximum Gasteiger partial charge on any atom is 0.115 e. The lowest BCUT2D eigenvalue weighted by molar-refractivity contribution is 1.08. The first-order valence-corrected chi connectivity index (χ1v) is 13.7. The third kappa shape index (κ3) is 4.97. The molecule has 0 radical (unpaired) electrons. The van der Waals surface area contributed by atoms with Gasteiger partial charge in [-0.1, -0.05) is 48.5 Å². The van der Waals surface area contributed by atoms with Gasteiger partial charge in [-0.15, -0.1) is 0 Å². The maximum atomic E-state index is 4.71. The molecule has 7 rings (SSSR count). The normalized spacial score (nSPS) is 11.0. The van der Waals surface area contributed by atoms with Crippen molar-refractivity contribution in [3.63, 3.8) is 0 Å². The van der Waals surface area contributed by atoms with Crippen LogP contribution in [0.25, 0.3) is 45.6 Å². The van der Waals surface area contributed by atoms with E-state index in [0.29, 0.717) is 12.8 Å². The molecule has 0 unspecified atom stereocenters. The summed E-state index contributed by atoms with van der Waals surface area (Å²) in [5.41, 5.74) is 11.1. The Kier molecular flexibility index (Phi) is 6.84. The lowest BCUT2D eigenvalue weighted by Crippen LogP contribution is -2.01. The summed E-state index contributed by atoms with van der Waals surface area (Å²) in [5, 5.41) is 15.9. The Labute approximate surface area is 242 Å². The Bertz CT molecular complexity index is 1660. The van der Waals surface area contributed by atoms with E-state index in [0.717, 1.165) is 56.7 Å². The zero-order chi connectivity index (χ0) is 28.1. The van der Waals surface area contributed by atoms with Gasteiger partial charge in [0.15, 0.2) is 0 Å². The molecule has 1 aromatic carbocycles. The molecule has 6 aromatic heterocycles. The number of aromatic nitrogens is 8. The number of pyridine rings is 4. The monoisotopic (exact) mass is 546 g/mol. The first-order chi connectivity index (χ1) is 20.8. The number of nitrogens with one attached hydrogen (secondary N) is 2. The predicted molar refractivity (Wildman–Crippen MR) is 162 cm³/mol. The zero-order valence-electron chi connectivity index (χ0n) is 22.6. The first kappa shape index (κ1) is 25.2. The van der Waals surface area contributed by atoms with Crippen molar-refractivity contribution in [1.29, 1.82) is 0 Å². The van der Waals surface area contributed by atoms with Crippen LogP contribution in [0.5, 0.6) is 0 Å². The number of hydrogen-bond acceptors (Lipinski definition) is 6. The van der Waals surface area contributed by atoms with Crippen LogP contribution in [0.3, 0.4) is 0 Å². The van der Waals surface area contributed by atoms with Gasteiger partial charge >= 0.3 is 0 Å². The van der Waals surface area contributed by atoms with Crippen molar-refractivity contribution in [3.05, 3.63) is 144 Å². The Morgan fingerprint density at radius 2 is 0.762 bits per heavy atom. The fourth-order valence-electron chi connectivity index (χ4n) is 5.23. The summed E-state index contributed by atoms with van der Waals surface area (Å²) in [5.74, 6) is 0. The molecular formula is C34H26N8.